The predicted molar refractivity (Wildman–Crippen MR) is 76.6 cm³/mol. The lowest BCUT2D eigenvalue weighted by Gasteiger charge is -2.01. The highest BCUT2D eigenvalue weighted by molar-refractivity contribution is 6.42. The van der Waals surface area contributed by atoms with E-state index >= 15 is 0 Å². The minimum absolute atomic E-state index is 0.481. The summed E-state index contributed by atoms with van der Waals surface area (Å²) in [7, 11) is 0. The number of halogens is 2. The number of nitrogens with zero attached hydrogens (tertiary/aromatic N) is 5. The molecule has 1 aromatic carbocycles. The highest BCUT2D eigenvalue weighted by Crippen LogP contribution is 2.22. The van der Waals surface area contributed by atoms with Gasteiger partial charge in [-0.1, -0.05) is 29.3 Å². The maximum atomic E-state index is 5.98. The van der Waals surface area contributed by atoms with Crippen molar-refractivity contribution in [1.82, 2.24) is 25.2 Å². The summed E-state index contributed by atoms with van der Waals surface area (Å²) in [4.78, 5) is 5.46. The third-order valence-corrected chi connectivity index (χ3v) is 3.44. The molecule has 0 unspecified atom stereocenters. The first-order valence-corrected chi connectivity index (χ1v) is 6.60. The van der Waals surface area contributed by atoms with E-state index in [2.05, 4.69) is 20.4 Å². The van der Waals surface area contributed by atoms with Crippen molar-refractivity contribution >= 4 is 23.2 Å². The topological polar surface area (TPSA) is 56.5 Å². The van der Waals surface area contributed by atoms with Crippen LogP contribution in [0.4, 0.5) is 0 Å². The Hall–Kier alpha value is -1.98. The maximum absolute atomic E-state index is 5.98. The highest BCUT2D eigenvalue weighted by atomic mass is 35.5. The van der Waals surface area contributed by atoms with Crippen LogP contribution in [-0.2, 0) is 6.54 Å². The molecule has 0 aliphatic carbocycles. The fraction of sp³-hybridized carbons (Fsp3) is 0.0769. The molecule has 2 aromatic heterocycles. The van der Waals surface area contributed by atoms with Gasteiger partial charge in [-0.25, -0.2) is 0 Å². The molecule has 0 atom stereocenters. The molecule has 0 saturated carbocycles. The number of pyridine rings is 1. The van der Waals surface area contributed by atoms with E-state index in [9.17, 15) is 0 Å². The second-order valence-corrected chi connectivity index (χ2v) is 4.94. The summed E-state index contributed by atoms with van der Waals surface area (Å²) in [6.45, 7) is 0.481. The monoisotopic (exact) mass is 305 g/mol. The van der Waals surface area contributed by atoms with Crippen molar-refractivity contribution in [2.75, 3.05) is 0 Å². The van der Waals surface area contributed by atoms with Crippen molar-refractivity contribution in [3.63, 3.8) is 0 Å². The second-order valence-electron chi connectivity index (χ2n) is 4.13. The molecule has 0 spiro atoms. The van der Waals surface area contributed by atoms with Crippen molar-refractivity contribution in [2.45, 2.75) is 6.54 Å². The molecule has 0 fully saturated rings. The molecule has 0 aliphatic heterocycles. The Labute approximate surface area is 125 Å². The third-order valence-electron chi connectivity index (χ3n) is 2.70. The maximum Gasteiger partial charge on any atom is 0.205 e. The molecular weight excluding hydrogens is 297 g/mol. The first kappa shape index (κ1) is 13.0. The van der Waals surface area contributed by atoms with Gasteiger partial charge in [-0.15, -0.1) is 10.2 Å². The van der Waals surface area contributed by atoms with Gasteiger partial charge in [-0.2, -0.15) is 4.80 Å². The molecule has 3 aromatic rings. The number of hydrogen-bond acceptors (Lipinski definition) is 4. The Bertz CT molecular complexity index is 727. The van der Waals surface area contributed by atoms with Crippen molar-refractivity contribution in [2.24, 2.45) is 0 Å². The number of aromatic nitrogens is 5. The number of rotatable bonds is 3. The SMILES string of the molecule is Clc1ccc(Cn2nnc(-c3ccncc3)n2)cc1Cl. The molecule has 0 bridgehead atoms. The molecule has 20 heavy (non-hydrogen) atoms. The van der Waals surface area contributed by atoms with Crippen molar-refractivity contribution in [3.8, 4) is 11.4 Å². The standard InChI is InChI=1S/C13H9Cl2N5/c14-11-2-1-9(7-12(11)15)8-20-18-13(17-19-20)10-3-5-16-6-4-10/h1-7H,8H2. The van der Waals surface area contributed by atoms with Crippen LogP contribution in [0.1, 0.15) is 5.56 Å². The van der Waals surface area contributed by atoms with Crippen LogP contribution in [0.25, 0.3) is 11.4 Å². The zero-order chi connectivity index (χ0) is 13.9. The van der Waals surface area contributed by atoms with E-state index in [4.69, 9.17) is 23.2 Å². The molecule has 5 nitrogen and oxygen atoms in total. The molecule has 0 saturated heterocycles. The fourth-order valence-corrected chi connectivity index (χ4v) is 2.05. The van der Waals surface area contributed by atoms with Crippen LogP contribution in [-0.4, -0.2) is 25.2 Å². The molecule has 0 radical (unpaired) electrons. The van der Waals surface area contributed by atoms with Crippen LogP contribution in [0.2, 0.25) is 10.0 Å². The Balaban J connectivity index is 1.82. The van der Waals surface area contributed by atoms with Gasteiger partial charge in [0.25, 0.3) is 0 Å². The Morgan fingerprint density at radius 1 is 1.00 bits per heavy atom. The minimum atomic E-state index is 0.481. The second kappa shape index (κ2) is 5.56. The lowest BCUT2D eigenvalue weighted by Crippen LogP contribution is -2.04. The van der Waals surface area contributed by atoms with Crippen LogP contribution < -0.4 is 0 Å². The third kappa shape index (κ3) is 2.79. The summed E-state index contributed by atoms with van der Waals surface area (Å²) in [5.41, 5.74) is 1.83. The number of hydrogen-bond donors (Lipinski definition) is 0. The van der Waals surface area contributed by atoms with Gasteiger partial charge in [0.15, 0.2) is 0 Å². The van der Waals surface area contributed by atoms with Crippen molar-refractivity contribution in [3.05, 3.63) is 58.3 Å². The molecule has 7 heteroatoms. The van der Waals surface area contributed by atoms with Gasteiger partial charge >= 0.3 is 0 Å². The van der Waals surface area contributed by atoms with E-state index in [1.165, 1.54) is 4.80 Å². The lowest BCUT2D eigenvalue weighted by atomic mass is 10.2. The molecule has 0 N–H and O–H groups in total. The summed E-state index contributed by atoms with van der Waals surface area (Å²) in [6.07, 6.45) is 3.38. The van der Waals surface area contributed by atoms with E-state index in [1.54, 1.807) is 24.5 Å². The summed E-state index contributed by atoms with van der Waals surface area (Å²) < 4.78 is 0. The van der Waals surface area contributed by atoms with Gasteiger partial charge in [0.1, 0.15) is 0 Å². The molecule has 100 valence electrons. The van der Waals surface area contributed by atoms with Crippen molar-refractivity contribution in [1.29, 1.82) is 0 Å². The molecule has 3 rings (SSSR count). The zero-order valence-corrected chi connectivity index (χ0v) is 11.8. The van der Waals surface area contributed by atoms with Gasteiger partial charge in [0, 0.05) is 18.0 Å². The molecular formula is C13H9Cl2N5. The minimum Gasteiger partial charge on any atom is -0.265 e. The normalized spacial score (nSPS) is 10.7. The first-order chi connectivity index (χ1) is 9.72. The van der Waals surface area contributed by atoms with Gasteiger partial charge in [-0.3, -0.25) is 4.98 Å². The van der Waals surface area contributed by atoms with E-state index in [0.29, 0.717) is 22.4 Å². The van der Waals surface area contributed by atoms with E-state index < -0.39 is 0 Å². The molecule has 0 amide bonds. The number of tetrazole rings is 1. The largest absolute Gasteiger partial charge is 0.265 e. The van der Waals surface area contributed by atoms with Crippen LogP contribution in [0, 0.1) is 0 Å². The Morgan fingerprint density at radius 2 is 1.80 bits per heavy atom. The summed E-state index contributed by atoms with van der Waals surface area (Å²) in [6, 6.07) is 9.09. The van der Waals surface area contributed by atoms with Crippen LogP contribution in [0.15, 0.2) is 42.7 Å². The fourth-order valence-electron chi connectivity index (χ4n) is 1.73. The van der Waals surface area contributed by atoms with Crippen molar-refractivity contribution < 1.29 is 0 Å². The van der Waals surface area contributed by atoms with E-state index in [-0.39, 0.29) is 0 Å². The Kier molecular flexibility index (Phi) is 3.62. The van der Waals surface area contributed by atoms with Crippen LogP contribution >= 0.6 is 23.2 Å². The van der Waals surface area contributed by atoms with Gasteiger partial charge in [0.05, 0.1) is 16.6 Å². The predicted octanol–water partition coefficient (Wildman–Crippen LogP) is 3.09. The summed E-state index contributed by atoms with van der Waals surface area (Å²) in [5, 5.41) is 13.4. The van der Waals surface area contributed by atoms with Gasteiger partial charge < -0.3 is 0 Å². The quantitative estimate of drug-likeness (QED) is 0.746. The lowest BCUT2D eigenvalue weighted by molar-refractivity contribution is 0.573. The number of benzene rings is 1. The summed E-state index contributed by atoms with van der Waals surface area (Å²) in [5.74, 6) is 0.562. The zero-order valence-electron chi connectivity index (χ0n) is 10.2. The molecule has 0 aliphatic rings. The van der Waals surface area contributed by atoms with Gasteiger partial charge in [0.2, 0.25) is 5.82 Å². The van der Waals surface area contributed by atoms with Gasteiger partial charge in [-0.05, 0) is 35.0 Å². The Morgan fingerprint density at radius 3 is 2.55 bits per heavy atom. The van der Waals surface area contributed by atoms with E-state index in [0.717, 1.165) is 11.1 Å². The smallest absolute Gasteiger partial charge is 0.205 e. The average molecular weight is 306 g/mol. The van der Waals surface area contributed by atoms with E-state index in [1.807, 2.05) is 18.2 Å². The molecule has 2 heterocycles. The highest BCUT2D eigenvalue weighted by Gasteiger charge is 2.06. The van der Waals surface area contributed by atoms with Crippen LogP contribution in [0.5, 0.6) is 0 Å². The first-order valence-electron chi connectivity index (χ1n) is 5.84. The summed E-state index contributed by atoms with van der Waals surface area (Å²) >= 11 is 11.9. The average Bonchev–Trinajstić information content (AvgIpc) is 2.92. The van der Waals surface area contributed by atoms with Crippen LogP contribution in [0.3, 0.4) is 0 Å².